The zero-order valence-corrected chi connectivity index (χ0v) is 17.7. The highest BCUT2D eigenvalue weighted by Crippen LogP contribution is 2.28. The van der Waals surface area contributed by atoms with Crippen LogP contribution in [0.3, 0.4) is 0 Å². The summed E-state index contributed by atoms with van der Waals surface area (Å²) < 4.78 is 6.06. The van der Waals surface area contributed by atoms with Crippen molar-refractivity contribution in [1.29, 1.82) is 0 Å². The van der Waals surface area contributed by atoms with Gasteiger partial charge >= 0.3 is 12.2 Å². The minimum Gasteiger partial charge on any atom is -0.444 e. The molecule has 142 valence electrons. The Bertz CT molecular complexity index is 436. The molecule has 0 saturated heterocycles. The summed E-state index contributed by atoms with van der Waals surface area (Å²) in [6.07, 6.45) is -0.658. The van der Waals surface area contributed by atoms with Gasteiger partial charge in [-0.2, -0.15) is 0 Å². The minimum absolute atomic E-state index is 0.500. The highest BCUT2D eigenvalue weighted by Gasteiger charge is 2.35. The minimum atomic E-state index is -1.79. The number of alkyl halides is 6. The molecule has 0 aromatic rings. The zero-order valence-electron chi connectivity index (χ0n) is 13.2. The van der Waals surface area contributed by atoms with Crippen molar-refractivity contribution in [2.75, 3.05) is 13.2 Å². The number of carbonyl (C=O) groups excluding carboxylic acids is 2. The largest absolute Gasteiger partial charge is 0.444 e. The molecule has 0 aromatic heterocycles. The van der Waals surface area contributed by atoms with Crippen LogP contribution in [0.25, 0.3) is 0 Å². The lowest BCUT2D eigenvalue weighted by molar-refractivity contribution is 0.0240. The van der Waals surface area contributed by atoms with E-state index in [2.05, 4.69) is 5.43 Å². The summed E-state index contributed by atoms with van der Waals surface area (Å²) in [5.74, 6) is 0. The molecule has 0 spiro atoms. The van der Waals surface area contributed by atoms with Crippen LogP contribution < -0.4 is 5.43 Å². The first-order valence-electron chi connectivity index (χ1n) is 6.72. The molecule has 0 radical (unpaired) electrons. The van der Waals surface area contributed by atoms with Crippen molar-refractivity contribution in [3.8, 4) is 0 Å². The third kappa shape index (κ3) is 11.0. The molecule has 0 fully saturated rings. The first-order valence-corrected chi connectivity index (χ1v) is 8.98. The normalized spacial score (nSPS) is 12.5. The first kappa shape index (κ1) is 24.3. The molecule has 0 aliphatic heterocycles. The van der Waals surface area contributed by atoms with Crippen molar-refractivity contribution in [1.82, 2.24) is 10.4 Å². The van der Waals surface area contributed by atoms with Gasteiger partial charge in [0, 0.05) is 0 Å². The second-order valence-corrected chi connectivity index (χ2v) is 10.4. The van der Waals surface area contributed by atoms with Gasteiger partial charge in [0.25, 0.3) is 0 Å². The van der Waals surface area contributed by atoms with E-state index in [1.54, 1.807) is 13.8 Å². The maximum atomic E-state index is 12.2. The van der Waals surface area contributed by atoms with E-state index in [-0.39, 0.29) is 0 Å². The average molecular weight is 467 g/mol. The molecule has 1 N–H and O–H groups in total. The Labute approximate surface area is 170 Å². The van der Waals surface area contributed by atoms with E-state index in [0.29, 0.717) is 6.42 Å². The van der Waals surface area contributed by atoms with Crippen LogP contribution in [0.15, 0.2) is 0 Å². The van der Waals surface area contributed by atoms with Crippen LogP contribution in [-0.2, 0) is 9.47 Å². The predicted molar refractivity (Wildman–Crippen MR) is 97.2 cm³/mol. The van der Waals surface area contributed by atoms with Crippen molar-refractivity contribution in [3.05, 3.63) is 0 Å². The molecule has 2 amide bonds. The number of amides is 2. The predicted octanol–water partition coefficient (Wildman–Crippen LogP) is 5.39. The number of hydrogen-bond donors (Lipinski definition) is 1. The maximum Gasteiger partial charge on any atom is 0.429 e. The fourth-order valence-corrected chi connectivity index (χ4v) is 1.97. The topological polar surface area (TPSA) is 67.9 Å². The van der Waals surface area contributed by atoms with Gasteiger partial charge in [0.15, 0.2) is 0 Å². The molecule has 0 rings (SSSR count). The Hall–Kier alpha value is 0.280. The number of rotatable bonds is 5. The fraction of sp³-hybridized carbons (Fsp3) is 0.833. The number of nitrogens with one attached hydrogen (secondary N) is 1. The van der Waals surface area contributed by atoms with Crippen molar-refractivity contribution in [2.45, 2.75) is 46.7 Å². The van der Waals surface area contributed by atoms with Crippen molar-refractivity contribution < 1.29 is 19.1 Å². The van der Waals surface area contributed by atoms with E-state index < -0.39 is 38.5 Å². The molecule has 0 aliphatic carbocycles. The molecule has 12 heteroatoms. The lowest BCUT2D eigenvalue weighted by Crippen LogP contribution is -2.57. The van der Waals surface area contributed by atoms with Gasteiger partial charge in [-0.05, 0) is 20.3 Å². The Kier molecular flexibility index (Phi) is 9.95. The smallest absolute Gasteiger partial charge is 0.429 e. The molecule has 0 heterocycles. The van der Waals surface area contributed by atoms with Crippen molar-refractivity contribution >= 4 is 81.8 Å². The molecular weight excluding hydrogens is 449 g/mol. The van der Waals surface area contributed by atoms with Gasteiger partial charge < -0.3 is 9.47 Å². The van der Waals surface area contributed by atoms with E-state index >= 15 is 0 Å². The summed E-state index contributed by atoms with van der Waals surface area (Å²) in [4.78, 5) is 24.0. The second-order valence-electron chi connectivity index (χ2n) is 5.37. The number of hydrogen-bond acceptors (Lipinski definition) is 4. The quantitative estimate of drug-likeness (QED) is 0.436. The Morgan fingerprint density at radius 2 is 1.42 bits per heavy atom. The standard InChI is InChI=1S/C12H18Cl6N2O4/c1-4-5-10(2,3)20(9(22)24-7-12(16,17)18)19-8(21)23-6-11(13,14)15/h4-7H2,1-3H3,(H,19,21). The number of carbonyl (C=O) groups is 2. The summed E-state index contributed by atoms with van der Waals surface area (Å²) in [5, 5.41) is 0.938. The molecule has 0 unspecified atom stereocenters. The van der Waals surface area contributed by atoms with Crippen LogP contribution in [0.4, 0.5) is 9.59 Å². The van der Waals surface area contributed by atoms with E-state index in [4.69, 9.17) is 79.1 Å². The lowest BCUT2D eigenvalue weighted by Gasteiger charge is -2.37. The third-order valence-corrected chi connectivity index (χ3v) is 3.23. The zero-order chi connectivity index (χ0) is 19.2. The van der Waals surface area contributed by atoms with Gasteiger partial charge in [0.05, 0.1) is 5.54 Å². The maximum absolute atomic E-state index is 12.2. The third-order valence-electron chi connectivity index (χ3n) is 2.58. The van der Waals surface area contributed by atoms with Crippen molar-refractivity contribution in [2.24, 2.45) is 0 Å². The summed E-state index contributed by atoms with van der Waals surface area (Å²) >= 11 is 33.1. The van der Waals surface area contributed by atoms with Crippen LogP contribution in [0, 0.1) is 0 Å². The van der Waals surface area contributed by atoms with Crippen LogP contribution in [0.2, 0.25) is 0 Å². The van der Waals surface area contributed by atoms with E-state index in [9.17, 15) is 9.59 Å². The summed E-state index contributed by atoms with van der Waals surface area (Å²) in [5.41, 5.74) is 1.44. The van der Waals surface area contributed by atoms with Crippen LogP contribution in [0.5, 0.6) is 0 Å². The van der Waals surface area contributed by atoms with E-state index in [1.165, 1.54) is 0 Å². The summed E-state index contributed by atoms with van der Waals surface area (Å²) in [6.45, 7) is 4.33. The van der Waals surface area contributed by atoms with Crippen LogP contribution in [-0.4, -0.2) is 43.5 Å². The van der Waals surface area contributed by atoms with Gasteiger partial charge in [-0.25, -0.2) is 20.0 Å². The van der Waals surface area contributed by atoms with E-state index in [1.807, 2.05) is 6.92 Å². The van der Waals surface area contributed by atoms with Crippen LogP contribution in [0.1, 0.15) is 33.6 Å². The highest BCUT2D eigenvalue weighted by atomic mass is 35.6. The lowest BCUT2D eigenvalue weighted by atomic mass is 9.98. The summed E-state index contributed by atoms with van der Waals surface area (Å²) in [6, 6.07) is 0. The second kappa shape index (κ2) is 9.83. The number of nitrogens with zero attached hydrogens (tertiary/aromatic N) is 1. The van der Waals surface area contributed by atoms with Gasteiger partial charge in [0.2, 0.25) is 7.59 Å². The van der Waals surface area contributed by atoms with Crippen molar-refractivity contribution in [3.63, 3.8) is 0 Å². The van der Waals surface area contributed by atoms with Gasteiger partial charge in [-0.15, -0.1) is 0 Å². The summed E-state index contributed by atoms with van der Waals surface area (Å²) in [7, 11) is 0. The fourth-order valence-electron chi connectivity index (χ4n) is 1.65. The van der Waals surface area contributed by atoms with E-state index in [0.717, 1.165) is 11.4 Å². The number of halogens is 6. The Morgan fingerprint density at radius 1 is 0.958 bits per heavy atom. The molecule has 0 aliphatic rings. The Balaban J connectivity index is 5.00. The molecule has 0 saturated carbocycles. The van der Waals surface area contributed by atoms with Gasteiger partial charge in [-0.3, -0.25) is 0 Å². The highest BCUT2D eigenvalue weighted by molar-refractivity contribution is 6.68. The first-order chi connectivity index (χ1) is 10.7. The Morgan fingerprint density at radius 3 is 1.83 bits per heavy atom. The average Bonchev–Trinajstić information content (AvgIpc) is 2.38. The monoisotopic (exact) mass is 464 g/mol. The molecule has 0 aromatic carbocycles. The molecule has 0 atom stereocenters. The van der Waals surface area contributed by atoms with Crippen LogP contribution >= 0.6 is 69.6 Å². The SMILES string of the molecule is CCCC(C)(C)N(NC(=O)OCC(Cl)(Cl)Cl)C(=O)OCC(Cl)(Cl)Cl. The molecular formula is C12H18Cl6N2O4. The molecule has 0 bridgehead atoms. The van der Waals surface area contributed by atoms with Gasteiger partial charge in [0.1, 0.15) is 13.2 Å². The molecule has 24 heavy (non-hydrogen) atoms. The van der Waals surface area contributed by atoms with Gasteiger partial charge in [-0.1, -0.05) is 83.0 Å². The molecule has 6 nitrogen and oxygen atoms in total. The number of ether oxygens (including phenoxy) is 2. The number of hydrazine groups is 1.